The minimum absolute atomic E-state index is 0.0710. The molecule has 0 bridgehead atoms. The Morgan fingerprint density at radius 2 is 1.92 bits per heavy atom. The van der Waals surface area contributed by atoms with Crippen LogP contribution >= 0.6 is 0 Å². The zero-order chi connectivity index (χ0) is 17.5. The first kappa shape index (κ1) is 17.1. The van der Waals surface area contributed by atoms with Gasteiger partial charge in [-0.1, -0.05) is 12.1 Å². The van der Waals surface area contributed by atoms with Crippen LogP contribution in [0.2, 0.25) is 0 Å². The van der Waals surface area contributed by atoms with Crippen LogP contribution in [0.5, 0.6) is 0 Å². The van der Waals surface area contributed by atoms with Crippen molar-refractivity contribution in [1.29, 1.82) is 0 Å². The number of fused-ring (bicyclic) bond motifs is 1. The van der Waals surface area contributed by atoms with Crippen molar-refractivity contribution in [2.24, 2.45) is 7.05 Å². The van der Waals surface area contributed by atoms with E-state index in [-0.39, 0.29) is 11.3 Å². The second kappa shape index (κ2) is 5.97. The first-order valence-corrected chi connectivity index (χ1v) is 9.76. The Bertz CT molecular complexity index is 932. The lowest BCUT2D eigenvalue weighted by Crippen LogP contribution is -2.33. The molecule has 0 radical (unpaired) electrons. The van der Waals surface area contributed by atoms with Gasteiger partial charge in [0.25, 0.3) is 5.56 Å². The van der Waals surface area contributed by atoms with E-state index < -0.39 is 14.6 Å². The zero-order valence-electron chi connectivity index (χ0n) is 14.3. The van der Waals surface area contributed by atoms with Crippen LogP contribution in [-0.2, 0) is 23.4 Å². The molecule has 1 aromatic heterocycles. The number of aromatic nitrogens is 2. The van der Waals surface area contributed by atoms with Gasteiger partial charge in [-0.2, -0.15) is 0 Å². The second-order valence-electron chi connectivity index (χ2n) is 7.01. The van der Waals surface area contributed by atoms with Crippen LogP contribution in [0.3, 0.4) is 0 Å². The van der Waals surface area contributed by atoms with Crippen LogP contribution in [0.1, 0.15) is 26.1 Å². The highest BCUT2D eigenvalue weighted by Crippen LogP contribution is 2.25. The molecule has 0 unspecified atom stereocenters. The molecular weight excluding hydrogens is 326 g/mol. The predicted octanol–water partition coefficient (Wildman–Crippen LogP) is 1.33. The van der Waals surface area contributed by atoms with Crippen LogP contribution in [0.4, 0.5) is 0 Å². The normalized spacial score (nSPS) is 20.8. The summed E-state index contributed by atoms with van der Waals surface area (Å²) in [5.74, 6) is 0.803. The van der Waals surface area contributed by atoms with Gasteiger partial charge in [0.2, 0.25) is 0 Å². The predicted molar refractivity (Wildman–Crippen MR) is 94.7 cm³/mol. The van der Waals surface area contributed by atoms with E-state index in [9.17, 15) is 13.2 Å². The SMILES string of the molecule is Cn1c(CN2CCC(C)(C)S(=O)(=O)CC2)nc2ccccc2c1=O. The highest BCUT2D eigenvalue weighted by Gasteiger charge is 2.37. The summed E-state index contributed by atoms with van der Waals surface area (Å²) in [4.78, 5) is 19.2. The van der Waals surface area contributed by atoms with E-state index in [1.807, 2.05) is 18.2 Å². The molecule has 0 saturated carbocycles. The van der Waals surface area contributed by atoms with E-state index in [2.05, 4.69) is 9.88 Å². The molecule has 1 saturated heterocycles. The Hall–Kier alpha value is -1.73. The van der Waals surface area contributed by atoms with Gasteiger partial charge in [0.05, 0.1) is 27.9 Å². The number of hydrogen-bond acceptors (Lipinski definition) is 5. The standard InChI is InChI=1S/C17H23N3O3S/c1-17(2)8-9-20(10-11-24(17,22)23)12-15-18-14-7-5-4-6-13(14)16(21)19(15)3/h4-7H,8-12H2,1-3H3. The minimum Gasteiger partial charge on any atom is -0.298 e. The molecular formula is C17H23N3O3S. The average Bonchev–Trinajstić information content (AvgIpc) is 2.63. The molecule has 0 amide bonds. The molecule has 1 aliphatic heterocycles. The number of hydrogen-bond donors (Lipinski definition) is 0. The zero-order valence-corrected chi connectivity index (χ0v) is 15.1. The fourth-order valence-electron chi connectivity index (χ4n) is 2.98. The van der Waals surface area contributed by atoms with Gasteiger partial charge in [-0.3, -0.25) is 14.3 Å². The Kier molecular flexibility index (Phi) is 4.25. The van der Waals surface area contributed by atoms with Crippen molar-refractivity contribution in [2.45, 2.75) is 31.6 Å². The number of benzene rings is 1. The summed E-state index contributed by atoms with van der Waals surface area (Å²) in [7, 11) is -1.39. The summed E-state index contributed by atoms with van der Waals surface area (Å²) in [6, 6.07) is 7.29. The van der Waals surface area contributed by atoms with Gasteiger partial charge in [-0.05, 0) is 32.4 Å². The fraction of sp³-hybridized carbons (Fsp3) is 0.529. The topological polar surface area (TPSA) is 72.3 Å². The molecule has 1 aliphatic rings. The van der Waals surface area contributed by atoms with Crippen LogP contribution < -0.4 is 5.56 Å². The van der Waals surface area contributed by atoms with Crippen molar-refractivity contribution < 1.29 is 8.42 Å². The Balaban J connectivity index is 1.91. The molecule has 130 valence electrons. The first-order valence-electron chi connectivity index (χ1n) is 8.11. The molecule has 1 aromatic carbocycles. The molecule has 0 aliphatic carbocycles. The molecule has 3 rings (SSSR count). The lowest BCUT2D eigenvalue weighted by molar-refractivity contribution is 0.266. The van der Waals surface area contributed by atoms with Gasteiger partial charge in [-0.15, -0.1) is 0 Å². The van der Waals surface area contributed by atoms with Crippen molar-refractivity contribution in [2.75, 3.05) is 18.8 Å². The summed E-state index contributed by atoms with van der Waals surface area (Å²) in [5.41, 5.74) is 0.608. The summed E-state index contributed by atoms with van der Waals surface area (Å²) < 4.78 is 25.5. The smallest absolute Gasteiger partial charge is 0.261 e. The van der Waals surface area contributed by atoms with E-state index in [1.54, 1.807) is 31.5 Å². The number of nitrogens with zero attached hydrogens (tertiary/aromatic N) is 3. The average molecular weight is 349 g/mol. The number of para-hydroxylation sites is 1. The number of sulfone groups is 1. The summed E-state index contributed by atoms with van der Waals surface area (Å²) in [6.07, 6.45) is 0.580. The minimum atomic E-state index is -3.11. The molecule has 2 heterocycles. The van der Waals surface area contributed by atoms with E-state index in [0.717, 1.165) is 0 Å². The van der Waals surface area contributed by atoms with Crippen molar-refractivity contribution in [3.05, 3.63) is 40.4 Å². The molecule has 2 aromatic rings. The van der Waals surface area contributed by atoms with Crippen LogP contribution in [-0.4, -0.2) is 46.5 Å². The van der Waals surface area contributed by atoms with Crippen LogP contribution in [0.15, 0.2) is 29.1 Å². The van der Waals surface area contributed by atoms with Gasteiger partial charge < -0.3 is 0 Å². The molecule has 24 heavy (non-hydrogen) atoms. The lowest BCUT2D eigenvalue weighted by Gasteiger charge is -2.22. The van der Waals surface area contributed by atoms with E-state index in [1.165, 1.54) is 0 Å². The third-order valence-electron chi connectivity index (χ3n) is 4.99. The van der Waals surface area contributed by atoms with E-state index in [0.29, 0.717) is 42.8 Å². The van der Waals surface area contributed by atoms with Gasteiger partial charge in [0.15, 0.2) is 9.84 Å². The monoisotopic (exact) mass is 349 g/mol. The molecule has 7 heteroatoms. The Labute approximate surface area is 142 Å². The van der Waals surface area contributed by atoms with Gasteiger partial charge in [-0.25, -0.2) is 13.4 Å². The largest absolute Gasteiger partial charge is 0.298 e. The Morgan fingerprint density at radius 1 is 1.21 bits per heavy atom. The first-order chi connectivity index (χ1) is 11.2. The Morgan fingerprint density at radius 3 is 2.67 bits per heavy atom. The molecule has 0 atom stereocenters. The van der Waals surface area contributed by atoms with Crippen molar-refractivity contribution in [3.63, 3.8) is 0 Å². The molecule has 0 spiro atoms. The van der Waals surface area contributed by atoms with Crippen molar-refractivity contribution in [1.82, 2.24) is 14.5 Å². The highest BCUT2D eigenvalue weighted by molar-refractivity contribution is 7.92. The number of rotatable bonds is 2. The van der Waals surface area contributed by atoms with Gasteiger partial charge in [0, 0.05) is 20.1 Å². The molecule has 1 fully saturated rings. The fourth-order valence-corrected chi connectivity index (χ4v) is 4.44. The third kappa shape index (κ3) is 2.98. The molecule has 6 nitrogen and oxygen atoms in total. The van der Waals surface area contributed by atoms with Crippen molar-refractivity contribution in [3.8, 4) is 0 Å². The maximum atomic E-state index is 12.5. The van der Waals surface area contributed by atoms with E-state index in [4.69, 9.17) is 0 Å². The highest BCUT2D eigenvalue weighted by atomic mass is 32.2. The maximum absolute atomic E-state index is 12.5. The van der Waals surface area contributed by atoms with Gasteiger partial charge in [0.1, 0.15) is 5.82 Å². The quantitative estimate of drug-likeness (QED) is 0.818. The van der Waals surface area contributed by atoms with Crippen LogP contribution in [0.25, 0.3) is 10.9 Å². The summed E-state index contributed by atoms with van der Waals surface area (Å²) >= 11 is 0. The van der Waals surface area contributed by atoms with Crippen LogP contribution in [0, 0.1) is 0 Å². The van der Waals surface area contributed by atoms with E-state index >= 15 is 0 Å². The maximum Gasteiger partial charge on any atom is 0.261 e. The third-order valence-corrected chi connectivity index (χ3v) is 7.60. The second-order valence-corrected chi connectivity index (χ2v) is 9.76. The molecule has 0 N–H and O–H groups in total. The summed E-state index contributed by atoms with van der Waals surface area (Å²) in [6.45, 7) is 5.19. The summed E-state index contributed by atoms with van der Waals surface area (Å²) in [5, 5.41) is 0.600. The lowest BCUT2D eigenvalue weighted by atomic mass is 10.1. The van der Waals surface area contributed by atoms with Gasteiger partial charge >= 0.3 is 0 Å². The van der Waals surface area contributed by atoms with Crippen molar-refractivity contribution >= 4 is 20.7 Å².